The fourth-order valence-electron chi connectivity index (χ4n) is 2.63. The van der Waals surface area contributed by atoms with Gasteiger partial charge in [0, 0.05) is 5.56 Å². The van der Waals surface area contributed by atoms with Crippen molar-refractivity contribution in [3.8, 4) is 23.0 Å². The molecule has 2 aliphatic heterocycles. The smallest absolute Gasteiger partial charge is 0.266 e. The molecule has 118 valence electrons. The highest BCUT2D eigenvalue weighted by Crippen LogP contribution is 2.52. The van der Waals surface area contributed by atoms with Crippen LogP contribution in [0, 0.1) is 5.92 Å². The van der Waals surface area contributed by atoms with Gasteiger partial charge in [0.1, 0.15) is 0 Å². The molecule has 0 bridgehead atoms. The highest BCUT2D eigenvalue weighted by atomic mass is 16.7. The minimum absolute atomic E-state index is 0.0790. The van der Waals surface area contributed by atoms with Crippen molar-refractivity contribution in [2.45, 2.75) is 13.0 Å². The highest BCUT2D eigenvalue weighted by Gasteiger charge is 2.39. The Morgan fingerprint density at radius 2 is 2.05 bits per heavy atom. The molecule has 3 rings (SSSR count). The van der Waals surface area contributed by atoms with E-state index < -0.39 is 12.0 Å². The summed E-state index contributed by atoms with van der Waals surface area (Å²) in [4.78, 5) is 16.7. The van der Waals surface area contributed by atoms with Crippen molar-refractivity contribution in [1.82, 2.24) is 0 Å². The zero-order valence-electron chi connectivity index (χ0n) is 12.4. The standard InChI is InChI=1S/C14H16N2O6/c1-6-9(14(15)17)16-22-10(6)7-4-8(18-2)12-13(11(7)19-3)21-5-20-12/h4,6,10H,5H2,1-3H3,(H2,15,17)/t6-,10+/m0/s1. The van der Waals surface area contributed by atoms with Gasteiger partial charge in [-0.1, -0.05) is 12.1 Å². The topological polar surface area (TPSA) is 102 Å². The number of nitrogens with zero attached hydrogens (tertiary/aromatic N) is 1. The molecule has 2 atom stereocenters. The van der Waals surface area contributed by atoms with E-state index in [9.17, 15) is 4.79 Å². The molecule has 1 aromatic carbocycles. The molecular formula is C14H16N2O6. The second kappa shape index (κ2) is 5.28. The third kappa shape index (κ3) is 1.99. The van der Waals surface area contributed by atoms with Gasteiger partial charge in [-0.05, 0) is 6.07 Å². The maximum atomic E-state index is 11.4. The van der Waals surface area contributed by atoms with Crippen molar-refractivity contribution in [1.29, 1.82) is 0 Å². The second-order valence-corrected chi connectivity index (χ2v) is 4.92. The summed E-state index contributed by atoms with van der Waals surface area (Å²) in [6.07, 6.45) is -0.527. The normalized spacial score (nSPS) is 22.0. The number of hydrogen-bond acceptors (Lipinski definition) is 7. The van der Waals surface area contributed by atoms with Crippen LogP contribution in [-0.4, -0.2) is 32.6 Å². The lowest BCUT2D eigenvalue weighted by molar-refractivity contribution is -0.112. The molecule has 22 heavy (non-hydrogen) atoms. The molecule has 2 N–H and O–H groups in total. The molecule has 0 saturated heterocycles. The zero-order chi connectivity index (χ0) is 15.9. The predicted molar refractivity (Wildman–Crippen MR) is 75.3 cm³/mol. The molecule has 8 heteroatoms. The fourth-order valence-corrected chi connectivity index (χ4v) is 2.63. The van der Waals surface area contributed by atoms with Crippen molar-refractivity contribution >= 4 is 11.6 Å². The summed E-state index contributed by atoms with van der Waals surface area (Å²) in [5.41, 5.74) is 6.13. The van der Waals surface area contributed by atoms with E-state index in [1.54, 1.807) is 13.0 Å². The van der Waals surface area contributed by atoms with Crippen molar-refractivity contribution in [3.63, 3.8) is 0 Å². The van der Waals surface area contributed by atoms with Crippen LogP contribution in [0.3, 0.4) is 0 Å². The lowest BCUT2D eigenvalue weighted by atomic mass is 9.92. The molecule has 0 aromatic heterocycles. The molecule has 0 saturated carbocycles. The molecule has 1 aromatic rings. The van der Waals surface area contributed by atoms with E-state index >= 15 is 0 Å². The number of methoxy groups -OCH3 is 2. The van der Waals surface area contributed by atoms with E-state index in [1.165, 1.54) is 14.2 Å². The summed E-state index contributed by atoms with van der Waals surface area (Å²) >= 11 is 0. The van der Waals surface area contributed by atoms with E-state index in [-0.39, 0.29) is 18.4 Å². The van der Waals surface area contributed by atoms with E-state index in [0.29, 0.717) is 28.6 Å². The van der Waals surface area contributed by atoms with Crippen LogP contribution >= 0.6 is 0 Å². The van der Waals surface area contributed by atoms with Gasteiger partial charge in [-0.3, -0.25) is 4.79 Å². The van der Waals surface area contributed by atoms with Crippen molar-refractivity contribution in [2.24, 2.45) is 16.8 Å². The molecule has 2 aliphatic rings. The van der Waals surface area contributed by atoms with E-state index in [0.717, 1.165) is 0 Å². The van der Waals surface area contributed by atoms with Gasteiger partial charge in [-0.15, -0.1) is 0 Å². The summed E-state index contributed by atoms with van der Waals surface area (Å²) in [5.74, 6) is 0.945. The van der Waals surface area contributed by atoms with Gasteiger partial charge < -0.3 is 29.5 Å². The third-order valence-corrected chi connectivity index (χ3v) is 3.72. The van der Waals surface area contributed by atoms with Crippen LogP contribution in [0.15, 0.2) is 11.2 Å². The largest absolute Gasteiger partial charge is 0.493 e. The number of amides is 1. The van der Waals surface area contributed by atoms with Crippen molar-refractivity contribution < 1.29 is 28.6 Å². The summed E-state index contributed by atoms with van der Waals surface area (Å²) in [6.45, 7) is 1.88. The Morgan fingerprint density at radius 3 is 2.64 bits per heavy atom. The van der Waals surface area contributed by atoms with Gasteiger partial charge in [0.2, 0.25) is 18.3 Å². The third-order valence-electron chi connectivity index (χ3n) is 3.72. The number of oxime groups is 1. The quantitative estimate of drug-likeness (QED) is 0.889. The molecule has 1 amide bonds. The Kier molecular flexibility index (Phi) is 3.44. The van der Waals surface area contributed by atoms with Gasteiger partial charge >= 0.3 is 0 Å². The van der Waals surface area contributed by atoms with Gasteiger partial charge in [0.15, 0.2) is 23.3 Å². The first-order chi connectivity index (χ1) is 10.6. The number of fused-ring (bicyclic) bond motifs is 1. The molecule has 0 radical (unpaired) electrons. The van der Waals surface area contributed by atoms with Gasteiger partial charge in [-0.25, -0.2) is 0 Å². The van der Waals surface area contributed by atoms with Crippen molar-refractivity contribution in [2.75, 3.05) is 21.0 Å². The van der Waals surface area contributed by atoms with E-state index in [2.05, 4.69) is 5.16 Å². The van der Waals surface area contributed by atoms with E-state index in [1.807, 2.05) is 0 Å². The second-order valence-electron chi connectivity index (χ2n) is 4.92. The van der Waals surface area contributed by atoms with Gasteiger partial charge in [0.25, 0.3) is 5.91 Å². The number of nitrogens with two attached hydrogens (primary N) is 1. The Hall–Kier alpha value is -2.64. The minimum atomic E-state index is -0.610. The van der Waals surface area contributed by atoms with Crippen molar-refractivity contribution in [3.05, 3.63) is 11.6 Å². The van der Waals surface area contributed by atoms with Crippen LogP contribution in [0.4, 0.5) is 0 Å². The molecule has 2 heterocycles. The van der Waals surface area contributed by atoms with Crippen LogP contribution in [0.2, 0.25) is 0 Å². The highest BCUT2D eigenvalue weighted by molar-refractivity contribution is 6.39. The zero-order valence-corrected chi connectivity index (χ0v) is 12.4. The molecule has 0 fully saturated rings. The van der Waals surface area contributed by atoms with Crippen LogP contribution in [0.25, 0.3) is 0 Å². The first-order valence-corrected chi connectivity index (χ1v) is 6.66. The molecule has 0 unspecified atom stereocenters. The van der Waals surface area contributed by atoms with Crippen LogP contribution in [-0.2, 0) is 9.63 Å². The Morgan fingerprint density at radius 1 is 1.32 bits per heavy atom. The van der Waals surface area contributed by atoms with Gasteiger partial charge in [0.05, 0.1) is 20.1 Å². The molecule has 0 spiro atoms. The number of benzene rings is 1. The minimum Gasteiger partial charge on any atom is -0.493 e. The first-order valence-electron chi connectivity index (χ1n) is 6.66. The first kappa shape index (κ1) is 14.3. The number of carbonyl (C=O) groups is 1. The fraction of sp³-hybridized carbons (Fsp3) is 0.429. The number of rotatable bonds is 4. The Labute approximate surface area is 126 Å². The van der Waals surface area contributed by atoms with Crippen LogP contribution < -0.4 is 24.7 Å². The molecule has 0 aliphatic carbocycles. The summed E-state index contributed by atoms with van der Waals surface area (Å²) in [6, 6.07) is 1.73. The molecule has 8 nitrogen and oxygen atoms in total. The monoisotopic (exact) mass is 308 g/mol. The average molecular weight is 308 g/mol. The summed E-state index contributed by atoms with van der Waals surface area (Å²) in [7, 11) is 3.04. The SMILES string of the molecule is COc1cc([C@@H]2ON=C(C(N)=O)[C@@H]2C)c(OC)c2c1OCO2. The lowest BCUT2D eigenvalue weighted by Gasteiger charge is -2.19. The van der Waals surface area contributed by atoms with Crippen LogP contribution in [0.1, 0.15) is 18.6 Å². The Bertz CT molecular complexity index is 657. The van der Waals surface area contributed by atoms with Gasteiger partial charge in [-0.2, -0.15) is 0 Å². The predicted octanol–water partition coefficient (Wildman–Crippen LogP) is 0.981. The van der Waals surface area contributed by atoms with Crippen LogP contribution in [0.5, 0.6) is 23.0 Å². The number of ether oxygens (including phenoxy) is 4. The number of primary amides is 1. The Balaban J connectivity index is 2.07. The maximum Gasteiger partial charge on any atom is 0.266 e. The number of carbonyl (C=O) groups excluding carboxylic acids is 1. The van der Waals surface area contributed by atoms with E-state index in [4.69, 9.17) is 29.5 Å². The average Bonchev–Trinajstić information content (AvgIpc) is 3.12. The molecular weight excluding hydrogens is 292 g/mol. The lowest BCUT2D eigenvalue weighted by Crippen LogP contribution is -2.28. The number of hydrogen-bond donors (Lipinski definition) is 1. The maximum absolute atomic E-state index is 11.4. The summed E-state index contributed by atoms with van der Waals surface area (Å²) < 4.78 is 21.6. The summed E-state index contributed by atoms with van der Waals surface area (Å²) in [5, 5.41) is 3.77.